The summed E-state index contributed by atoms with van der Waals surface area (Å²) in [6.07, 6.45) is 0.757. The molecule has 1 rings (SSSR count). The van der Waals surface area contributed by atoms with Crippen LogP contribution in [0, 0.1) is 6.92 Å². The predicted octanol–water partition coefficient (Wildman–Crippen LogP) is -0.190. The van der Waals surface area contributed by atoms with Gasteiger partial charge in [0.15, 0.2) is 0 Å². The molecule has 1 aromatic carbocycles. The first-order chi connectivity index (χ1) is 8.49. The molecule has 0 fully saturated rings. The number of nitrogens with zero attached hydrogens (tertiary/aromatic N) is 1. The van der Waals surface area contributed by atoms with E-state index in [1.807, 2.05) is 31.2 Å². The molecule has 0 saturated carbocycles. The largest absolute Gasteiger partial charge is 0.369 e. The van der Waals surface area contributed by atoms with E-state index in [-0.39, 0.29) is 13.1 Å². The standard InChI is InChI=1S/C13H19N3O2/c1-10-4-2-3-5-11(10)6-7-16(8-12(14)17)9-13(15)18/h2-5H,6-9H2,1H3,(H2,14,17)(H2,15,18). The van der Waals surface area contributed by atoms with Crippen molar-refractivity contribution in [2.24, 2.45) is 11.5 Å². The minimum absolute atomic E-state index is 0.0504. The highest BCUT2D eigenvalue weighted by Crippen LogP contribution is 2.08. The van der Waals surface area contributed by atoms with Crippen molar-refractivity contribution in [1.82, 2.24) is 4.90 Å². The van der Waals surface area contributed by atoms with Gasteiger partial charge in [-0.15, -0.1) is 0 Å². The molecule has 5 nitrogen and oxygen atoms in total. The van der Waals surface area contributed by atoms with Crippen LogP contribution >= 0.6 is 0 Å². The third-order valence-corrected chi connectivity index (χ3v) is 2.72. The SMILES string of the molecule is Cc1ccccc1CCN(CC(N)=O)CC(N)=O. The van der Waals surface area contributed by atoms with Crippen LogP contribution in [0.5, 0.6) is 0 Å². The van der Waals surface area contributed by atoms with Crippen molar-refractivity contribution in [2.75, 3.05) is 19.6 Å². The topological polar surface area (TPSA) is 89.4 Å². The summed E-state index contributed by atoms with van der Waals surface area (Å²) in [5, 5.41) is 0. The van der Waals surface area contributed by atoms with Crippen molar-refractivity contribution in [3.63, 3.8) is 0 Å². The van der Waals surface area contributed by atoms with Crippen molar-refractivity contribution >= 4 is 11.8 Å². The molecule has 0 bridgehead atoms. The van der Waals surface area contributed by atoms with Crippen LogP contribution in [0.2, 0.25) is 0 Å². The lowest BCUT2D eigenvalue weighted by Crippen LogP contribution is -2.40. The fourth-order valence-electron chi connectivity index (χ4n) is 1.82. The monoisotopic (exact) mass is 249 g/mol. The lowest BCUT2D eigenvalue weighted by molar-refractivity contribution is -0.121. The molecular formula is C13H19N3O2. The third kappa shape index (κ3) is 4.97. The number of aryl methyl sites for hydroxylation is 1. The van der Waals surface area contributed by atoms with E-state index in [0.717, 1.165) is 6.42 Å². The van der Waals surface area contributed by atoms with Gasteiger partial charge in [-0.05, 0) is 24.5 Å². The summed E-state index contributed by atoms with van der Waals surface area (Å²) in [6.45, 7) is 2.71. The molecule has 0 unspecified atom stereocenters. The first-order valence-electron chi connectivity index (χ1n) is 5.82. The molecular weight excluding hydrogens is 230 g/mol. The summed E-state index contributed by atoms with van der Waals surface area (Å²) < 4.78 is 0. The zero-order valence-corrected chi connectivity index (χ0v) is 10.6. The lowest BCUT2D eigenvalue weighted by atomic mass is 10.1. The molecule has 2 amide bonds. The summed E-state index contributed by atoms with van der Waals surface area (Å²) in [7, 11) is 0. The van der Waals surface area contributed by atoms with Gasteiger partial charge in [0.1, 0.15) is 0 Å². The number of hydrogen-bond donors (Lipinski definition) is 2. The predicted molar refractivity (Wildman–Crippen MR) is 69.7 cm³/mol. The average molecular weight is 249 g/mol. The van der Waals surface area contributed by atoms with Crippen molar-refractivity contribution in [1.29, 1.82) is 0 Å². The molecule has 5 heteroatoms. The Balaban J connectivity index is 2.58. The van der Waals surface area contributed by atoms with Crippen LogP contribution in [0.15, 0.2) is 24.3 Å². The van der Waals surface area contributed by atoms with Gasteiger partial charge >= 0.3 is 0 Å². The average Bonchev–Trinajstić information content (AvgIpc) is 2.26. The van der Waals surface area contributed by atoms with E-state index in [2.05, 4.69) is 0 Å². The van der Waals surface area contributed by atoms with Crippen LogP contribution in [0.1, 0.15) is 11.1 Å². The quantitative estimate of drug-likeness (QED) is 0.702. The van der Waals surface area contributed by atoms with Gasteiger partial charge in [-0.25, -0.2) is 0 Å². The summed E-state index contributed by atoms with van der Waals surface area (Å²) >= 11 is 0. The Hall–Kier alpha value is -1.88. The van der Waals surface area contributed by atoms with Gasteiger partial charge < -0.3 is 11.5 Å². The summed E-state index contributed by atoms with van der Waals surface area (Å²) in [4.78, 5) is 23.5. The number of nitrogens with two attached hydrogens (primary N) is 2. The van der Waals surface area contributed by atoms with E-state index < -0.39 is 11.8 Å². The minimum atomic E-state index is -0.457. The number of carbonyl (C=O) groups excluding carboxylic acids is 2. The highest BCUT2D eigenvalue weighted by molar-refractivity contribution is 5.79. The minimum Gasteiger partial charge on any atom is -0.369 e. The van der Waals surface area contributed by atoms with Gasteiger partial charge in [-0.2, -0.15) is 0 Å². The van der Waals surface area contributed by atoms with Crippen LogP contribution in [-0.2, 0) is 16.0 Å². The van der Waals surface area contributed by atoms with Crippen LogP contribution in [0.25, 0.3) is 0 Å². The fourth-order valence-corrected chi connectivity index (χ4v) is 1.82. The van der Waals surface area contributed by atoms with Gasteiger partial charge in [0.25, 0.3) is 0 Å². The van der Waals surface area contributed by atoms with Gasteiger partial charge in [-0.3, -0.25) is 14.5 Å². The second-order valence-electron chi connectivity index (χ2n) is 4.32. The van der Waals surface area contributed by atoms with Crippen molar-refractivity contribution in [3.05, 3.63) is 35.4 Å². The Labute approximate surface area is 107 Å². The number of amides is 2. The highest BCUT2D eigenvalue weighted by atomic mass is 16.2. The second kappa shape index (κ2) is 6.76. The van der Waals surface area contributed by atoms with Crippen molar-refractivity contribution < 1.29 is 9.59 Å². The van der Waals surface area contributed by atoms with Crippen LogP contribution in [0.3, 0.4) is 0 Å². The van der Waals surface area contributed by atoms with Crippen LogP contribution in [0.4, 0.5) is 0 Å². The maximum atomic E-state index is 10.9. The van der Waals surface area contributed by atoms with E-state index >= 15 is 0 Å². The molecule has 18 heavy (non-hydrogen) atoms. The first kappa shape index (κ1) is 14.2. The van der Waals surface area contributed by atoms with Crippen molar-refractivity contribution in [3.8, 4) is 0 Å². The van der Waals surface area contributed by atoms with Crippen LogP contribution in [-0.4, -0.2) is 36.3 Å². The smallest absolute Gasteiger partial charge is 0.231 e. The molecule has 0 radical (unpaired) electrons. The van der Waals surface area contributed by atoms with E-state index in [0.29, 0.717) is 6.54 Å². The van der Waals surface area contributed by atoms with Gasteiger partial charge in [0.2, 0.25) is 11.8 Å². The number of benzene rings is 1. The number of rotatable bonds is 7. The van der Waals surface area contributed by atoms with E-state index in [4.69, 9.17) is 11.5 Å². The Morgan fingerprint density at radius 3 is 2.17 bits per heavy atom. The van der Waals surface area contributed by atoms with E-state index in [1.54, 1.807) is 4.90 Å². The third-order valence-electron chi connectivity index (χ3n) is 2.72. The van der Waals surface area contributed by atoms with Crippen molar-refractivity contribution in [2.45, 2.75) is 13.3 Å². The second-order valence-corrected chi connectivity index (χ2v) is 4.32. The summed E-state index contributed by atoms with van der Waals surface area (Å²) in [6, 6.07) is 8.00. The summed E-state index contributed by atoms with van der Waals surface area (Å²) in [5.74, 6) is -0.915. The zero-order valence-electron chi connectivity index (χ0n) is 10.6. The van der Waals surface area contributed by atoms with Gasteiger partial charge in [0.05, 0.1) is 13.1 Å². The summed E-state index contributed by atoms with van der Waals surface area (Å²) in [5.41, 5.74) is 12.7. The van der Waals surface area contributed by atoms with E-state index in [9.17, 15) is 9.59 Å². The lowest BCUT2D eigenvalue weighted by Gasteiger charge is -2.19. The Bertz CT molecular complexity index is 416. The molecule has 0 atom stereocenters. The molecule has 0 saturated heterocycles. The molecule has 0 aliphatic heterocycles. The molecule has 98 valence electrons. The molecule has 1 aromatic rings. The normalized spacial score (nSPS) is 10.6. The number of hydrogen-bond acceptors (Lipinski definition) is 3. The first-order valence-corrected chi connectivity index (χ1v) is 5.82. The Kier molecular flexibility index (Phi) is 5.32. The molecule has 0 heterocycles. The maximum Gasteiger partial charge on any atom is 0.231 e. The van der Waals surface area contributed by atoms with Gasteiger partial charge in [0, 0.05) is 6.54 Å². The molecule has 0 aliphatic rings. The molecule has 0 aliphatic carbocycles. The zero-order chi connectivity index (χ0) is 13.5. The van der Waals surface area contributed by atoms with E-state index in [1.165, 1.54) is 11.1 Å². The number of primary amides is 2. The Morgan fingerprint density at radius 2 is 1.67 bits per heavy atom. The maximum absolute atomic E-state index is 10.9. The molecule has 0 spiro atoms. The fraction of sp³-hybridized carbons (Fsp3) is 0.385. The molecule has 0 aromatic heterocycles. The number of carbonyl (C=O) groups is 2. The highest BCUT2D eigenvalue weighted by Gasteiger charge is 2.11. The molecule has 4 N–H and O–H groups in total. The van der Waals surface area contributed by atoms with Crippen LogP contribution < -0.4 is 11.5 Å². The Morgan fingerprint density at radius 1 is 1.11 bits per heavy atom. The van der Waals surface area contributed by atoms with Gasteiger partial charge in [-0.1, -0.05) is 24.3 Å².